The molecule has 0 aliphatic carbocycles. The smallest absolute Gasteiger partial charge is 0.189 e. The Labute approximate surface area is 142 Å². The average Bonchev–Trinajstić information content (AvgIpc) is 3.04. The molecule has 2 aromatic heterocycles. The number of nitrogens with zero attached hydrogens (tertiary/aromatic N) is 4. The first-order valence-electron chi connectivity index (χ1n) is 7.70. The number of anilines is 2. The summed E-state index contributed by atoms with van der Waals surface area (Å²) in [7, 11) is 0. The monoisotopic (exact) mass is 328 g/mol. The standard InChI is InChI=1S/C16H20N6O.CH4/c17-9-12-2-1-7-22(12)13-3-4-19-10-11(13)8-14(23)15-16(18)21-6-5-20-15;/h3-6,10,12H,1-2,7-9,17H2,(H2,18,21);1H4/t12-;/m1./s1. The van der Waals surface area contributed by atoms with Crippen LogP contribution < -0.4 is 16.4 Å². The molecule has 2 aromatic rings. The Morgan fingerprint density at radius 1 is 1.29 bits per heavy atom. The maximum absolute atomic E-state index is 12.5. The van der Waals surface area contributed by atoms with Gasteiger partial charge in [0, 0.05) is 61.6 Å². The van der Waals surface area contributed by atoms with Gasteiger partial charge in [0.25, 0.3) is 0 Å². The Kier molecular flexibility index (Phi) is 5.81. The van der Waals surface area contributed by atoms with Crippen LogP contribution in [-0.2, 0) is 6.42 Å². The van der Waals surface area contributed by atoms with E-state index < -0.39 is 0 Å². The largest absolute Gasteiger partial charge is 0.382 e. The van der Waals surface area contributed by atoms with Crippen LogP contribution in [0.15, 0.2) is 30.9 Å². The number of hydrogen-bond donors (Lipinski definition) is 2. The average molecular weight is 328 g/mol. The zero-order chi connectivity index (χ0) is 16.2. The maximum atomic E-state index is 12.5. The van der Waals surface area contributed by atoms with Crippen LogP contribution >= 0.6 is 0 Å². The lowest BCUT2D eigenvalue weighted by molar-refractivity contribution is 0.0989. The van der Waals surface area contributed by atoms with Gasteiger partial charge in [-0.25, -0.2) is 9.97 Å². The highest BCUT2D eigenvalue weighted by Gasteiger charge is 2.26. The number of nitrogen functional groups attached to an aromatic ring is 1. The number of carbonyl (C=O) groups is 1. The van der Waals surface area contributed by atoms with Crippen LogP contribution in [0.3, 0.4) is 0 Å². The number of rotatable bonds is 5. The minimum absolute atomic E-state index is 0. The summed E-state index contributed by atoms with van der Waals surface area (Å²) in [6.07, 6.45) is 8.78. The molecule has 128 valence electrons. The Morgan fingerprint density at radius 3 is 2.83 bits per heavy atom. The third-order valence-corrected chi connectivity index (χ3v) is 4.18. The summed E-state index contributed by atoms with van der Waals surface area (Å²) in [6.45, 7) is 1.55. The number of Topliss-reactive ketones (excluding diaryl/α,β-unsaturated/α-hetero) is 1. The van der Waals surface area contributed by atoms with Gasteiger partial charge in [0.15, 0.2) is 11.6 Å². The topological polar surface area (TPSA) is 111 Å². The lowest BCUT2D eigenvalue weighted by Gasteiger charge is -2.27. The van der Waals surface area contributed by atoms with Gasteiger partial charge in [-0.3, -0.25) is 9.78 Å². The predicted molar refractivity (Wildman–Crippen MR) is 94.9 cm³/mol. The lowest BCUT2D eigenvalue weighted by atomic mass is 10.1. The Morgan fingerprint density at radius 2 is 2.08 bits per heavy atom. The molecule has 1 fully saturated rings. The molecule has 7 heteroatoms. The number of nitrogens with two attached hydrogens (primary N) is 2. The number of pyridine rings is 1. The Balaban J connectivity index is 0.00000208. The quantitative estimate of drug-likeness (QED) is 0.799. The second kappa shape index (κ2) is 7.83. The van der Waals surface area contributed by atoms with Crippen LogP contribution in [0.1, 0.15) is 36.3 Å². The second-order valence-electron chi connectivity index (χ2n) is 5.62. The van der Waals surface area contributed by atoms with E-state index in [0.29, 0.717) is 12.6 Å². The van der Waals surface area contributed by atoms with E-state index >= 15 is 0 Å². The number of ketones is 1. The first-order valence-corrected chi connectivity index (χ1v) is 7.70. The van der Waals surface area contributed by atoms with Gasteiger partial charge in [-0.05, 0) is 18.9 Å². The van der Waals surface area contributed by atoms with Crippen molar-refractivity contribution in [3.05, 3.63) is 42.1 Å². The molecule has 1 saturated heterocycles. The molecule has 0 aromatic carbocycles. The number of carbonyl (C=O) groups excluding carboxylic acids is 1. The van der Waals surface area contributed by atoms with Gasteiger partial charge in [-0.2, -0.15) is 0 Å². The molecule has 24 heavy (non-hydrogen) atoms. The van der Waals surface area contributed by atoms with Gasteiger partial charge in [-0.15, -0.1) is 0 Å². The summed E-state index contributed by atoms with van der Waals surface area (Å²) >= 11 is 0. The maximum Gasteiger partial charge on any atom is 0.189 e. The fourth-order valence-corrected chi connectivity index (χ4v) is 3.05. The summed E-state index contributed by atoms with van der Waals surface area (Å²) < 4.78 is 0. The Bertz CT molecular complexity index is 705. The van der Waals surface area contributed by atoms with E-state index in [4.69, 9.17) is 11.5 Å². The summed E-state index contributed by atoms with van der Waals surface area (Å²) in [5, 5.41) is 0. The first kappa shape index (κ1) is 17.8. The van der Waals surface area contributed by atoms with Gasteiger partial charge in [0.1, 0.15) is 5.69 Å². The molecular formula is C17H24N6O. The summed E-state index contributed by atoms with van der Waals surface area (Å²) in [4.78, 5) is 26.9. The van der Waals surface area contributed by atoms with Gasteiger partial charge >= 0.3 is 0 Å². The number of hydrogen-bond acceptors (Lipinski definition) is 7. The van der Waals surface area contributed by atoms with Crippen LogP contribution in [0.25, 0.3) is 0 Å². The van der Waals surface area contributed by atoms with E-state index in [9.17, 15) is 4.79 Å². The fourth-order valence-electron chi connectivity index (χ4n) is 3.05. The van der Waals surface area contributed by atoms with E-state index in [2.05, 4.69) is 19.9 Å². The summed E-state index contributed by atoms with van der Waals surface area (Å²) in [5.41, 5.74) is 13.7. The van der Waals surface area contributed by atoms with Crippen molar-refractivity contribution in [2.75, 3.05) is 23.7 Å². The molecule has 0 amide bonds. The van der Waals surface area contributed by atoms with Crippen molar-refractivity contribution in [1.29, 1.82) is 0 Å². The van der Waals surface area contributed by atoms with E-state index in [1.165, 1.54) is 12.4 Å². The second-order valence-corrected chi connectivity index (χ2v) is 5.62. The van der Waals surface area contributed by atoms with Gasteiger partial charge in [-0.1, -0.05) is 7.43 Å². The molecule has 7 nitrogen and oxygen atoms in total. The molecule has 0 spiro atoms. The molecular weight excluding hydrogens is 304 g/mol. The van der Waals surface area contributed by atoms with Crippen LogP contribution in [0.5, 0.6) is 0 Å². The van der Waals surface area contributed by atoms with Crippen molar-refractivity contribution in [2.45, 2.75) is 32.7 Å². The van der Waals surface area contributed by atoms with Crippen molar-refractivity contribution in [1.82, 2.24) is 15.0 Å². The lowest BCUT2D eigenvalue weighted by Crippen LogP contribution is -2.36. The van der Waals surface area contributed by atoms with Crippen LogP contribution in [0.2, 0.25) is 0 Å². The molecule has 0 unspecified atom stereocenters. The molecule has 0 radical (unpaired) electrons. The van der Waals surface area contributed by atoms with Crippen molar-refractivity contribution in [2.24, 2.45) is 5.73 Å². The van der Waals surface area contributed by atoms with Crippen molar-refractivity contribution >= 4 is 17.3 Å². The minimum Gasteiger partial charge on any atom is -0.382 e. The highest BCUT2D eigenvalue weighted by Crippen LogP contribution is 2.28. The van der Waals surface area contributed by atoms with E-state index in [-0.39, 0.29) is 31.1 Å². The molecule has 1 aliphatic rings. The van der Waals surface area contributed by atoms with Gasteiger partial charge < -0.3 is 16.4 Å². The van der Waals surface area contributed by atoms with Crippen molar-refractivity contribution in [3.63, 3.8) is 0 Å². The molecule has 0 saturated carbocycles. The third kappa shape index (κ3) is 3.51. The summed E-state index contributed by atoms with van der Waals surface area (Å²) in [6, 6.07) is 2.25. The zero-order valence-corrected chi connectivity index (χ0v) is 12.9. The van der Waals surface area contributed by atoms with Crippen LogP contribution in [-0.4, -0.2) is 39.9 Å². The van der Waals surface area contributed by atoms with Crippen molar-refractivity contribution < 1.29 is 4.79 Å². The number of aromatic nitrogens is 3. The third-order valence-electron chi connectivity index (χ3n) is 4.18. The van der Waals surface area contributed by atoms with Crippen molar-refractivity contribution in [3.8, 4) is 0 Å². The molecule has 3 heterocycles. The van der Waals surface area contributed by atoms with E-state index in [1.807, 2.05) is 6.07 Å². The molecule has 1 aliphatic heterocycles. The normalized spacial score (nSPS) is 16.7. The first-order chi connectivity index (χ1) is 11.2. The van der Waals surface area contributed by atoms with Gasteiger partial charge in [0.2, 0.25) is 0 Å². The highest BCUT2D eigenvalue weighted by molar-refractivity contribution is 5.99. The molecule has 1 atom stereocenters. The molecule has 4 N–H and O–H groups in total. The van der Waals surface area contributed by atoms with E-state index in [0.717, 1.165) is 30.6 Å². The zero-order valence-electron chi connectivity index (χ0n) is 12.9. The van der Waals surface area contributed by atoms with Gasteiger partial charge in [0.05, 0.1) is 0 Å². The molecule has 0 bridgehead atoms. The van der Waals surface area contributed by atoms with Crippen LogP contribution in [0, 0.1) is 0 Å². The summed E-state index contributed by atoms with van der Waals surface area (Å²) in [5.74, 6) is -0.00251. The fraction of sp³-hybridized carbons (Fsp3) is 0.412. The Hall–Kier alpha value is -2.54. The SMILES string of the molecule is C.NC[C@H]1CCCN1c1ccncc1CC(=O)c1nccnc1N. The minimum atomic E-state index is -0.159. The van der Waals surface area contributed by atoms with E-state index in [1.54, 1.807) is 12.4 Å². The molecule has 3 rings (SSSR count). The van der Waals surface area contributed by atoms with Crippen LogP contribution in [0.4, 0.5) is 11.5 Å². The predicted octanol–water partition coefficient (Wildman–Crippen LogP) is 1.44. The highest BCUT2D eigenvalue weighted by atomic mass is 16.1.